The van der Waals surface area contributed by atoms with Gasteiger partial charge in [-0.1, -0.05) is 61.3 Å². The highest BCUT2D eigenvalue weighted by Gasteiger charge is 2.31. The molecule has 0 aliphatic heterocycles. The van der Waals surface area contributed by atoms with Gasteiger partial charge >= 0.3 is 6.08 Å². The predicted octanol–water partition coefficient (Wildman–Crippen LogP) is 7.63. The second kappa shape index (κ2) is 15.2. The van der Waals surface area contributed by atoms with Crippen molar-refractivity contribution in [2.45, 2.75) is 83.5 Å². The summed E-state index contributed by atoms with van der Waals surface area (Å²) >= 11 is 0. The third kappa shape index (κ3) is 9.20. The topological polar surface area (TPSA) is 94.4 Å². The lowest BCUT2D eigenvalue weighted by Gasteiger charge is -2.32. The molecule has 1 N–H and O–H groups in total. The molecule has 8 heteroatoms. The second-order valence-electron chi connectivity index (χ2n) is 10.9. The van der Waals surface area contributed by atoms with Crippen LogP contribution in [0.3, 0.4) is 0 Å². The first-order valence-corrected chi connectivity index (χ1v) is 15.9. The summed E-state index contributed by atoms with van der Waals surface area (Å²) in [6.45, 7) is 12.5. The summed E-state index contributed by atoms with van der Waals surface area (Å²) in [6, 6.07) is 10.3. The van der Waals surface area contributed by atoms with E-state index in [1.165, 1.54) is 17.7 Å². The van der Waals surface area contributed by atoms with Crippen LogP contribution in [0.1, 0.15) is 81.9 Å². The van der Waals surface area contributed by atoms with E-state index < -0.39 is 10.1 Å². The number of aryl methyl sites for hydroxylation is 2. The number of phenols is 1. The summed E-state index contributed by atoms with van der Waals surface area (Å²) < 4.78 is 42.0. The zero-order valence-electron chi connectivity index (χ0n) is 25.1. The molecule has 0 bridgehead atoms. The second-order valence-corrected chi connectivity index (χ2v) is 12.5. The third-order valence-electron chi connectivity index (χ3n) is 7.40. The number of aromatic hydroxyl groups is 1. The van der Waals surface area contributed by atoms with Gasteiger partial charge in [-0.05, 0) is 82.2 Å². The Morgan fingerprint density at radius 3 is 2.49 bits per heavy atom. The summed E-state index contributed by atoms with van der Waals surface area (Å²) in [5.74, 6) is 0.798. The number of benzene rings is 2. The van der Waals surface area contributed by atoms with Crippen LogP contribution in [0.4, 0.5) is 0 Å². The van der Waals surface area contributed by atoms with Crippen LogP contribution in [0.5, 0.6) is 11.5 Å². The van der Waals surface area contributed by atoms with Crippen LogP contribution < -0.4 is 4.74 Å². The molecule has 0 unspecified atom stereocenters. The van der Waals surface area contributed by atoms with E-state index in [-0.39, 0.29) is 41.8 Å². The summed E-state index contributed by atoms with van der Waals surface area (Å²) in [4.78, 5) is 4.29. The molecule has 0 saturated heterocycles. The molecule has 2 aromatic rings. The lowest BCUT2D eigenvalue weighted by Crippen LogP contribution is -2.20. The minimum Gasteiger partial charge on any atom is -0.507 e. The van der Waals surface area contributed by atoms with Crippen LogP contribution >= 0.6 is 0 Å². The minimum atomic E-state index is -3.84. The maximum absolute atomic E-state index is 12.4. The standard InChI is InChI=1S/C33H45NO6S/c1-7-8-9-11-26-21-30(35)32(29-20-25(5)14-17-28(29)23(2)3)31(22-26)40-33(34-6)38-18-10-19-39-41(36,37)27-15-12-24(4)13-16-27/h12-13,15-16,20-22,28-29,35H,2,7-11,14,17-19H2,1,3-6H3/b34-33-/t28-,29+/m0/s1. The number of aliphatic imine (C=N–C) groups is 1. The molecule has 0 fully saturated rings. The van der Waals surface area contributed by atoms with Crippen LogP contribution in [0.25, 0.3) is 0 Å². The van der Waals surface area contributed by atoms with E-state index in [0.717, 1.165) is 55.2 Å². The van der Waals surface area contributed by atoms with Crippen molar-refractivity contribution >= 4 is 16.2 Å². The van der Waals surface area contributed by atoms with Gasteiger partial charge in [-0.2, -0.15) is 8.42 Å². The molecule has 1 aliphatic rings. The first-order chi connectivity index (χ1) is 19.6. The molecule has 0 spiro atoms. The fourth-order valence-electron chi connectivity index (χ4n) is 5.11. The van der Waals surface area contributed by atoms with Gasteiger partial charge in [-0.15, -0.1) is 0 Å². The van der Waals surface area contributed by atoms with Gasteiger partial charge in [0.15, 0.2) is 0 Å². The molecular formula is C33H45NO6S. The molecule has 0 heterocycles. The monoisotopic (exact) mass is 583 g/mol. The van der Waals surface area contributed by atoms with Gasteiger partial charge in [-0.3, -0.25) is 4.18 Å². The van der Waals surface area contributed by atoms with Crippen molar-refractivity contribution < 1.29 is 27.2 Å². The Morgan fingerprint density at radius 1 is 1.10 bits per heavy atom. The van der Waals surface area contributed by atoms with Crippen molar-refractivity contribution in [3.63, 3.8) is 0 Å². The number of hydrogen-bond acceptors (Lipinski definition) is 7. The van der Waals surface area contributed by atoms with Crippen LogP contribution in [0.15, 0.2) is 70.1 Å². The van der Waals surface area contributed by atoms with E-state index in [2.05, 4.69) is 31.5 Å². The molecule has 0 amide bonds. The van der Waals surface area contributed by atoms with Gasteiger partial charge < -0.3 is 14.6 Å². The van der Waals surface area contributed by atoms with Crippen LogP contribution in [-0.4, -0.2) is 39.9 Å². The molecule has 2 aromatic carbocycles. The van der Waals surface area contributed by atoms with E-state index in [0.29, 0.717) is 17.7 Å². The molecule has 0 radical (unpaired) electrons. The fraction of sp³-hybridized carbons (Fsp3) is 0.485. The zero-order chi connectivity index (χ0) is 30.0. The Labute approximate surface area is 246 Å². The highest BCUT2D eigenvalue weighted by atomic mass is 32.2. The summed E-state index contributed by atoms with van der Waals surface area (Å²) in [7, 11) is -2.27. The van der Waals surface area contributed by atoms with Gasteiger partial charge in [0.1, 0.15) is 11.5 Å². The molecule has 224 valence electrons. The lowest BCUT2D eigenvalue weighted by atomic mass is 9.73. The van der Waals surface area contributed by atoms with Crippen molar-refractivity contribution in [3.05, 3.63) is 76.9 Å². The SMILES string of the molecule is C=C(C)[C@@H]1CCC(C)=C[C@H]1c1c(O)cc(CCCCC)cc1O/C(=N\C)OCCCOS(=O)(=O)c1ccc(C)cc1. The third-order valence-corrected chi connectivity index (χ3v) is 8.73. The lowest BCUT2D eigenvalue weighted by molar-refractivity contribution is 0.205. The highest BCUT2D eigenvalue weighted by molar-refractivity contribution is 7.86. The van der Waals surface area contributed by atoms with Gasteiger partial charge in [0.2, 0.25) is 0 Å². The van der Waals surface area contributed by atoms with Crippen molar-refractivity contribution in [3.8, 4) is 11.5 Å². The number of phenolic OH excluding ortho intramolecular Hbond substituents is 1. The Bertz CT molecular complexity index is 1340. The molecule has 0 aromatic heterocycles. The molecule has 2 atom stereocenters. The Balaban J connectivity index is 1.74. The van der Waals surface area contributed by atoms with E-state index in [1.54, 1.807) is 19.2 Å². The first-order valence-electron chi connectivity index (χ1n) is 14.5. The highest BCUT2D eigenvalue weighted by Crippen LogP contribution is 2.47. The molecule has 0 saturated carbocycles. The van der Waals surface area contributed by atoms with Crippen molar-refractivity contribution in [1.29, 1.82) is 0 Å². The van der Waals surface area contributed by atoms with E-state index in [4.69, 9.17) is 13.7 Å². The maximum atomic E-state index is 12.4. The molecule has 7 nitrogen and oxygen atoms in total. The van der Waals surface area contributed by atoms with Gasteiger partial charge in [-0.25, -0.2) is 4.99 Å². The molecule has 1 aliphatic carbocycles. The molecule has 3 rings (SSSR count). The van der Waals surface area contributed by atoms with E-state index >= 15 is 0 Å². The Hall–Kier alpha value is -3.10. The van der Waals surface area contributed by atoms with E-state index in [1.807, 2.05) is 26.0 Å². The van der Waals surface area contributed by atoms with Crippen LogP contribution in [0, 0.1) is 12.8 Å². The normalized spacial score (nSPS) is 17.7. The minimum absolute atomic E-state index is 0.0427. The van der Waals surface area contributed by atoms with Crippen molar-refractivity contribution in [1.82, 2.24) is 0 Å². The number of unbranched alkanes of at least 4 members (excludes halogenated alkanes) is 2. The van der Waals surface area contributed by atoms with Gasteiger partial charge in [0, 0.05) is 24.9 Å². The summed E-state index contributed by atoms with van der Waals surface area (Å²) in [5, 5.41) is 11.3. The number of ether oxygens (including phenoxy) is 2. The average molecular weight is 584 g/mol. The van der Waals surface area contributed by atoms with E-state index in [9.17, 15) is 13.5 Å². The van der Waals surface area contributed by atoms with Crippen molar-refractivity contribution in [2.24, 2.45) is 10.9 Å². The van der Waals surface area contributed by atoms with Gasteiger partial charge in [0.25, 0.3) is 10.1 Å². The Morgan fingerprint density at radius 2 is 1.83 bits per heavy atom. The average Bonchev–Trinajstić information content (AvgIpc) is 2.92. The van der Waals surface area contributed by atoms with Gasteiger partial charge in [0.05, 0.1) is 18.1 Å². The fourth-order valence-corrected chi connectivity index (χ4v) is 6.05. The molecular weight excluding hydrogens is 538 g/mol. The first kappa shape index (κ1) is 32.4. The number of nitrogens with zero attached hydrogens (tertiary/aromatic N) is 1. The largest absolute Gasteiger partial charge is 0.507 e. The smallest absolute Gasteiger partial charge is 0.388 e. The number of hydrogen-bond donors (Lipinski definition) is 1. The summed E-state index contributed by atoms with van der Waals surface area (Å²) in [6.07, 6.45) is 8.56. The number of rotatable bonds is 13. The van der Waals surface area contributed by atoms with Crippen molar-refractivity contribution in [2.75, 3.05) is 20.3 Å². The Kier molecular flexibility index (Phi) is 12.0. The predicted molar refractivity (Wildman–Crippen MR) is 164 cm³/mol. The van der Waals surface area contributed by atoms with Crippen LogP contribution in [-0.2, 0) is 25.5 Å². The van der Waals surface area contributed by atoms with Crippen LogP contribution in [0.2, 0.25) is 0 Å². The molecule has 41 heavy (non-hydrogen) atoms. The maximum Gasteiger partial charge on any atom is 0.388 e. The quantitative estimate of drug-likeness (QED) is 0.0857. The number of allylic oxidation sites excluding steroid dienone is 3. The summed E-state index contributed by atoms with van der Waals surface area (Å²) in [5.41, 5.74) is 5.00. The zero-order valence-corrected chi connectivity index (χ0v) is 25.9.